The quantitative estimate of drug-likeness (QED) is 0.515. The van der Waals surface area contributed by atoms with Gasteiger partial charge in [0, 0.05) is 30.0 Å². The number of aryl methyl sites for hydroxylation is 1. The van der Waals surface area contributed by atoms with Gasteiger partial charge in [-0.25, -0.2) is 4.98 Å². The zero-order chi connectivity index (χ0) is 19.6. The SMILES string of the molecule is C=CCCC1CCN(c2ccc(C(=C)N/C=C/CC/C(C)=C/C)c(C)n2)C1. The number of hydrogen-bond donors (Lipinski definition) is 1. The zero-order valence-corrected chi connectivity index (χ0v) is 17.3. The van der Waals surface area contributed by atoms with Crippen molar-refractivity contribution < 1.29 is 0 Å². The Bertz CT molecular complexity index is 700. The highest BCUT2D eigenvalue weighted by Crippen LogP contribution is 2.27. The maximum atomic E-state index is 4.84. The molecule has 0 saturated carbocycles. The molecule has 3 nitrogen and oxygen atoms in total. The van der Waals surface area contributed by atoms with E-state index in [-0.39, 0.29) is 0 Å². The molecule has 1 N–H and O–H groups in total. The number of nitrogens with zero attached hydrogens (tertiary/aromatic N) is 2. The molecule has 27 heavy (non-hydrogen) atoms. The molecule has 1 atom stereocenters. The fraction of sp³-hybridized carbons (Fsp3) is 0.458. The van der Waals surface area contributed by atoms with Crippen LogP contribution in [0.25, 0.3) is 5.70 Å². The Morgan fingerprint density at radius 1 is 1.37 bits per heavy atom. The maximum absolute atomic E-state index is 4.84. The lowest BCUT2D eigenvalue weighted by atomic mass is 10.0. The van der Waals surface area contributed by atoms with Crippen LogP contribution in [0.3, 0.4) is 0 Å². The van der Waals surface area contributed by atoms with Gasteiger partial charge in [0.2, 0.25) is 0 Å². The van der Waals surface area contributed by atoms with Gasteiger partial charge >= 0.3 is 0 Å². The number of hydrogen-bond acceptors (Lipinski definition) is 3. The van der Waals surface area contributed by atoms with E-state index in [9.17, 15) is 0 Å². The van der Waals surface area contributed by atoms with Gasteiger partial charge in [0.1, 0.15) is 5.82 Å². The monoisotopic (exact) mass is 365 g/mol. The topological polar surface area (TPSA) is 28.2 Å². The summed E-state index contributed by atoms with van der Waals surface area (Å²) < 4.78 is 0. The van der Waals surface area contributed by atoms with Crippen LogP contribution in [0.15, 0.2) is 55.3 Å². The fourth-order valence-corrected chi connectivity index (χ4v) is 3.45. The van der Waals surface area contributed by atoms with Gasteiger partial charge in [-0.15, -0.1) is 6.58 Å². The van der Waals surface area contributed by atoms with Crippen molar-refractivity contribution in [2.45, 2.75) is 52.9 Å². The standard InChI is InChI=1S/C24H35N3/c1-6-8-12-22-15-17-27(18-22)24-14-13-23(21(5)26-24)20(4)25-16-10-9-11-19(3)7-2/h6-7,10,13-14,16,22,25H,1,4,8-9,11-12,15,17-18H2,2-3,5H3/b16-10+,19-7+. The summed E-state index contributed by atoms with van der Waals surface area (Å²) in [4.78, 5) is 7.25. The van der Waals surface area contributed by atoms with Crippen LogP contribution in [0.4, 0.5) is 5.82 Å². The van der Waals surface area contributed by atoms with Crippen molar-refractivity contribution in [2.24, 2.45) is 5.92 Å². The Morgan fingerprint density at radius 3 is 2.89 bits per heavy atom. The first kappa shape index (κ1) is 21.0. The second kappa shape index (κ2) is 10.8. The average molecular weight is 366 g/mol. The van der Waals surface area contributed by atoms with Crippen molar-refractivity contribution in [1.29, 1.82) is 0 Å². The summed E-state index contributed by atoms with van der Waals surface area (Å²) in [5.41, 5.74) is 4.42. The van der Waals surface area contributed by atoms with Gasteiger partial charge in [0.25, 0.3) is 0 Å². The average Bonchev–Trinajstić information content (AvgIpc) is 3.14. The van der Waals surface area contributed by atoms with Crippen LogP contribution >= 0.6 is 0 Å². The molecule has 0 aromatic carbocycles. The molecule has 0 spiro atoms. The number of aromatic nitrogens is 1. The lowest BCUT2D eigenvalue weighted by Crippen LogP contribution is -2.21. The van der Waals surface area contributed by atoms with Crippen LogP contribution in [-0.2, 0) is 0 Å². The molecular weight excluding hydrogens is 330 g/mol. The minimum Gasteiger partial charge on any atom is -0.362 e. The van der Waals surface area contributed by atoms with Gasteiger partial charge < -0.3 is 10.2 Å². The van der Waals surface area contributed by atoms with Gasteiger partial charge in [0.05, 0.1) is 0 Å². The van der Waals surface area contributed by atoms with E-state index in [1.165, 1.54) is 18.4 Å². The summed E-state index contributed by atoms with van der Waals surface area (Å²) in [5, 5.41) is 3.29. The predicted molar refractivity (Wildman–Crippen MR) is 119 cm³/mol. The minimum atomic E-state index is 0.762. The maximum Gasteiger partial charge on any atom is 0.128 e. The van der Waals surface area contributed by atoms with Crippen molar-refractivity contribution in [3.63, 3.8) is 0 Å². The fourth-order valence-electron chi connectivity index (χ4n) is 3.45. The molecular formula is C24H35N3. The Hall–Kier alpha value is -2.29. The molecule has 1 aromatic rings. The van der Waals surface area contributed by atoms with Gasteiger partial charge in [0.15, 0.2) is 0 Å². The number of rotatable bonds is 10. The molecule has 0 amide bonds. The van der Waals surface area contributed by atoms with Crippen molar-refractivity contribution in [1.82, 2.24) is 10.3 Å². The summed E-state index contributed by atoms with van der Waals surface area (Å²) >= 11 is 0. The lowest BCUT2D eigenvalue weighted by molar-refractivity contribution is 0.544. The minimum absolute atomic E-state index is 0.762. The smallest absolute Gasteiger partial charge is 0.128 e. The van der Waals surface area contributed by atoms with E-state index in [2.05, 4.69) is 68.4 Å². The van der Waals surface area contributed by atoms with E-state index >= 15 is 0 Å². The third-order valence-corrected chi connectivity index (χ3v) is 5.36. The van der Waals surface area contributed by atoms with Gasteiger partial charge in [-0.1, -0.05) is 30.4 Å². The molecule has 1 unspecified atom stereocenters. The largest absolute Gasteiger partial charge is 0.362 e. The molecule has 2 heterocycles. The number of nitrogens with one attached hydrogen (secondary N) is 1. The van der Waals surface area contributed by atoms with Crippen LogP contribution in [-0.4, -0.2) is 18.1 Å². The Kier molecular flexibility index (Phi) is 8.38. The van der Waals surface area contributed by atoms with Gasteiger partial charge in [-0.2, -0.15) is 0 Å². The molecule has 1 aliphatic heterocycles. The highest BCUT2D eigenvalue weighted by Gasteiger charge is 2.23. The van der Waals surface area contributed by atoms with Crippen LogP contribution in [0.2, 0.25) is 0 Å². The van der Waals surface area contributed by atoms with E-state index in [0.29, 0.717) is 0 Å². The summed E-state index contributed by atoms with van der Waals surface area (Å²) in [6, 6.07) is 4.27. The third-order valence-electron chi connectivity index (χ3n) is 5.36. The van der Waals surface area contributed by atoms with Gasteiger partial charge in [-0.05, 0) is 77.1 Å². The molecule has 0 bridgehead atoms. The van der Waals surface area contributed by atoms with Crippen molar-refractivity contribution >= 4 is 11.5 Å². The molecule has 146 valence electrons. The van der Waals surface area contributed by atoms with Crippen LogP contribution in [0.5, 0.6) is 0 Å². The molecule has 1 saturated heterocycles. The first-order chi connectivity index (χ1) is 13.0. The van der Waals surface area contributed by atoms with E-state index in [1.807, 2.05) is 12.3 Å². The van der Waals surface area contributed by atoms with Gasteiger partial charge in [-0.3, -0.25) is 0 Å². The van der Waals surface area contributed by atoms with Crippen molar-refractivity contribution in [2.75, 3.05) is 18.0 Å². The second-order valence-electron chi connectivity index (χ2n) is 7.47. The van der Waals surface area contributed by atoms with Crippen LogP contribution in [0.1, 0.15) is 57.2 Å². The number of allylic oxidation sites excluding steroid dienone is 4. The van der Waals surface area contributed by atoms with E-state index < -0.39 is 0 Å². The summed E-state index contributed by atoms with van der Waals surface area (Å²) in [7, 11) is 0. The second-order valence-corrected chi connectivity index (χ2v) is 7.47. The van der Waals surface area contributed by atoms with E-state index in [0.717, 1.165) is 61.0 Å². The first-order valence-electron chi connectivity index (χ1n) is 10.1. The summed E-state index contributed by atoms with van der Waals surface area (Å²) in [6.07, 6.45) is 14.1. The third kappa shape index (κ3) is 6.42. The molecule has 2 rings (SSSR count). The van der Waals surface area contributed by atoms with Crippen molar-refractivity contribution in [3.05, 3.63) is 66.5 Å². The highest BCUT2D eigenvalue weighted by molar-refractivity contribution is 5.65. The Labute approximate surface area is 165 Å². The number of anilines is 1. The normalized spacial score (nSPS) is 17.5. The molecule has 3 heteroatoms. The lowest BCUT2D eigenvalue weighted by Gasteiger charge is -2.19. The molecule has 1 aliphatic rings. The zero-order valence-electron chi connectivity index (χ0n) is 17.3. The van der Waals surface area contributed by atoms with Crippen LogP contribution in [0, 0.1) is 12.8 Å². The Balaban J connectivity index is 1.89. The molecule has 1 aromatic heterocycles. The highest BCUT2D eigenvalue weighted by atomic mass is 15.2. The van der Waals surface area contributed by atoms with E-state index in [1.54, 1.807) is 0 Å². The van der Waals surface area contributed by atoms with Crippen molar-refractivity contribution in [3.8, 4) is 0 Å². The first-order valence-corrected chi connectivity index (χ1v) is 10.1. The van der Waals surface area contributed by atoms with Crippen LogP contribution < -0.4 is 10.2 Å². The molecule has 0 radical (unpaired) electrons. The summed E-state index contributed by atoms with van der Waals surface area (Å²) in [5.74, 6) is 1.85. The molecule has 0 aliphatic carbocycles. The van der Waals surface area contributed by atoms with E-state index in [4.69, 9.17) is 4.98 Å². The Morgan fingerprint density at radius 2 is 2.19 bits per heavy atom. The summed E-state index contributed by atoms with van der Waals surface area (Å²) in [6.45, 7) is 16.5. The molecule has 1 fully saturated rings. The predicted octanol–water partition coefficient (Wildman–Crippen LogP) is 6.00. The number of pyridine rings is 1.